The fraction of sp³-hybridized carbons (Fsp3) is 0.536. The minimum atomic E-state index is -3.63. The van der Waals surface area contributed by atoms with Crippen LogP contribution >= 0.6 is 0 Å². The predicted molar refractivity (Wildman–Crippen MR) is 147 cm³/mol. The number of carbonyl (C=O) groups is 1. The molecule has 0 saturated carbocycles. The van der Waals surface area contributed by atoms with E-state index >= 15 is 0 Å². The van der Waals surface area contributed by atoms with Gasteiger partial charge in [-0.25, -0.2) is 0 Å². The van der Waals surface area contributed by atoms with Gasteiger partial charge in [-0.2, -0.15) is 17.0 Å². The zero-order valence-electron chi connectivity index (χ0n) is 23.1. The van der Waals surface area contributed by atoms with Crippen molar-refractivity contribution in [1.82, 2.24) is 13.5 Å². The van der Waals surface area contributed by atoms with Crippen LogP contribution in [0.5, 0.6) is 17.2 Å². The van der Waals surface area contributed by atoms with Crippen LogP contribution in [-0.2, 0) is 15.0 Å². The molecule has 2 aromatic rings. The van der Waals surface area contributed by atoms with Gasteiger partial charge in [0.05, 0.1) is 13.0 Å². The van der Waals surface area contributed by atoms with Crippen LogP contribution in [0.4, 0.5) is 0 Å². The standard InChI is InChI=1S/C28H39N3O7S/c1-5-13-29(3)39(34,35)31(14-6-2)16-15-30-18-23(21-9-12-24-25(17-21)38-19-37-24)26(28(32)33)27(30)20-7-10-22(36-4)11-8-20/h7-12,17,23,26-27H,5-6,13-16,18-19H2,1-4H3,(H,32,33). The number of carboxylic acids is 1. The molecular weight excluding hydrogens is 522 g/mol. The molecule has 0 radical (unpaired) electrons. The van der Waals surface area contributed by atoms with Crippen molar-refractivity contribution in [3.63, 3.8) is 0 Å². The Balaban J connectivity index is 1.67. The van der Waals surface area contributed by atoms with Crippen molar-refractivity contribution in [1.29, 1.82) is 0 Å². The maximum Gasteiger partial charge on any atom is 0.309 e. The van der Waals surface area contributed by atoms with E-state index in [1.807, 2.05) is 56.3 Å². The number of hydrogen-bond acceptors (Lipinski definition) is 7. The number of rotatable bonds is 13. The Morgan fingerprint density at radius 3 is 2.33 bits per heavy atom. The van der Waals surface area contributed by atoms with E-state index in [0.717, 1.165) is 17.5 Å². The Kier molecular flexibility index (Phi) is 9.37. The lowest BCUT2D eigenvalue weighted by Gasteiger charge is -2.31. The summed E-state index contributed by atoms with van der Waals surface area (Å²) >= 11 is 0. The minimum absolute atomic E-state index is 0.140. The molecule has 10 nitrogen and oxygen atoms in total. The molecule has 3 atom stereocenters. The zero-order chi connectivity index (χ0) is 28.2. The summed E-state index contributed by atoms with van der Waals surface area (Å²) in [5.41, 5.74) is 1.70. The molecule has 3 unspecified atom stereocenters. The number of benzene rings is 2. The molecule has 11 heteroatoms. The van der Waals surface area contributed by atoms with Gasteiger partial charge in [0, 0.05) is 51.7 Å². The molecule has 39 heavy (non-hydrogen) atoms. The van der Waals surface area contributed by atoms with E-state index in [9.17, 15) is 18.3 Å². The summed E-state index contributed by atoms with van der Waals surface area (Å²) in [4.78, 5) is 14.9. The number of likely N-dealkylation sites (tertiary alicyclic amines) is 1. The lowest BCUT2D eigenvalue weighted by atomic mass is 9.82. The molecule has 0 aromatic heterocycles. The Morgan fingerprint density at radius 2 is 1.69 bits per heavy atom. The summed E-state index contributed by atoms with van der Waals surface area (Å²) in [6.45, 7) is 5.98. The van der Waals surface area contributed by atoms with E-state index in [1.165, 1.54) is 8.61 Å². The quantitative estimate of drug-likeness (QED) is 0.396. The highest BCUT2D eigenvalue weighted by Crippen LogP contribution is 2.47. The van der Waals surface area contributed by atoms with Gasteiger partial charge in [-0.3, -0.25) is 9.69 Å². The third kappa shape index (κ3) is 6.16. The number of fused-ring (bicyclic) bond motifs is 1. The zero-order valence-corrected chi connectivity index (χ0v) is 23.9. The van der Waals surface area contributed by atoms with Gasteiger partial charge in [-0.1, -0.05) is 32.0 Å². The van der Waals surface area contributed by atoms with Crippen LogP contribution < -0.4 is 14.2 Å². The summed E-state index contributed by atoms with van der Waals surface area (Å²) in [5, 5.41) is 10.5. The molecule has 1 fully saturated rings. The molecule has 0 aliphatic carbocycles. The SMILES string of the molecule is CCCN(C)S(=O)(=O)N(CCC)CCN1CC(c2ccc3c(c2)OCO3)C(C(=O)O)C1c1ccc(OC)cc1. The summed E-state index contributed by atoms with van der Waals surface area (Å²) in [5.74, 6) is -0.0525. The Labute approximate surface area is 231 Å². The summed E-state index contributed by atoms with van der Waals surface area (Å²) in [6, 6.07) is 12.6. The van der Waals surface area contributed by atoms with Gasteiger partial charge in [0.15, 0.2) is 11.5 Å². The van der Waals surface area contributed by atoms with Gasteiger partial charge in [-0.05, 0) is 48.2 Å². The van der Waals surface area contributed by atoms with Crippen molar-refractivity contribution in [2.24, 2.45) is 5.92 Å². The summed E-state index contributed by atoms with van der Waals surface area (Å²) in [7, 11) is -0.441. The second kappa shape index (κ2) is 12.5. The molecule has 0 amide bonds. The molecule has 214 valence electrons. The topological polar surface area (TPSA) is 109 Å². The second-order valence-corrected chi connectivity index (χ2v) is 12.1. The fourth-order valence-electron chi connectivity index (χ4n) is 5.60. The van der Waals surface area contributed by atoms with E-state index in [1.54, 1.807) is 14.2 Å². The first kappa shape index (κ1) is 29.1. The van der Waals surface area contributed by atoms with Crippen molar-refractivity contribution in [3.8, 4) is 17.2 Å². The Hall–Kier alpha value is -2.86. The third-order valence-electron chi connectivity index (χ3n) is 7.53. The van der Waals surface area contributed by atoms with E-state index in [4.69, 9.17) is 14.2 Å². The molecule has 2 heterocycles. The lowest BCUT2D eigenvalue weighted by molar-refractivity contribution is -0.143. The van der Waals surface area contributed by atoms with Gasteiger partial charge in [0.2, 0.25) is 6.79 Å². The van der Waals surface area contributed by atoms with Crippen LogP contribution in [0.15, 0.2) is 42.5 Å². The molecule has 0 spiro atoms. The van der Waals surface area contributed by atoms with Crippen molar-refractivity contribution >= 4 is 16.2 Å². The number of hydrogen-bond donors (Lipinski definition) is 1. The highest BCUT2D eigenvalue weighted by Gasteiger charge is 2.47. The highest BCUT2D eigenvalue weighted by atomic mass is 32.2. The van der Waals surface area contributed by atoms with Crippen molar-refractivity contribution < 1.29 is 32.5 Å². The lowest BCUT2D eigenvalue weighted by Crippen LogP contribution is -2.46. The van der Waals surface area contributed by atoms with Crippen LogP contribution in [-0.4, -0.2) is 86.7 Å². The minimum Gasteiger partial charge on any atom is -0.497 e. The van der Waals surface area contributed by atoms with Crippen molar-refractivity contribution in [3.05, 3.63) is 53.6 Å². The number of aliphatic carboxylic acids is 1. The van der Waals surface area contributed by atoms with Crippen LogP contribution in [0, 0.1) is 5.92 Å². The highest BCUT2D eigenvalue weighted by molar-refractivity contribution is 7.86. The van der Waals surface area contributed by atoms with E-state index in [0.29, 0.717) is 49.8 Å². The van der Waals surface area contributed by atoms with Crippen molar-refractivity contribution in [2.45, 2.75) is 38.6 Å². The average Bonchev–Trinajstić information content (AvgIpc) is 3.55. The molecule has 1 saturated heterocycles. The number of nitrogens with zero attached hydrogens (tertiary/aromatic N) is 3. The largest absolute Gasteiger partial charge is 0.497 e. The first-order valence-electron chi connectivity index (χ1n) is 13.4. The number of methoxy groups -OCH3 is 1. The maximum atomic E-state index is 13.3. The molecule has 2 aromatic carbocycles. The average molecular weight is 562 g/mol. The molecular formula is C28H39N3O7S. The van der Waals surface area contributed by atoms with Crippen molar-refractivity contribution in [2.75, 3.05) is 53.7 Å². The van der Waals surface area contributed by atoms with Crippen LogP contribution in [0.25, 0.3) is 0 Å². The second-order valence-electron chi connectivity index (χ2n) is 10.0. The number of ether oxygens (including phenoxy) is 3. The molecule has 2 aliphatic heterocycles. The van der Waals surface area contributed by atoms with Gasteiger partial charge in [0.1, 0.15) is 5.75 Å². The molecule has 4 rings (SSSR count). The van der Waals surface area contributed by atoms with E-state index in [-0.39, 0.29) is 19.3 Å². The van der Waals surface area contributed by atoms with E-state index in [2.05, 4.69) is 4.90 Å². The van der Waals surface area contributed by atoms with Crippen LogP contribution in [0.3, 0.4) is 0 Å². The van der Waals surface area contributed by atoms with E-state index < -0.39 is 28.1 Å². The maximum absolute atomic E-state index is 13.3. The summed E-state index contributed by atoms with van der Waals surface area (Å²) in [6.07, 6.45) is 1.40. The van der Waals surface area contributed by atoms with Gasteiger partial charge >= 0.3 is 5.97 Å². The van der Waals surface area contributed by atoms with Gasteiger partial charge in [0.25, 0.3) is 10.2 Å². The molecule has 0 bridgehead atoms. The summed E-state index contributed by atoms with van der Waals surface area (Å²) < 4.78 is 45.9. The monoisotopic (exact) mass is 561 g/mol. The first-order valence-corrected chi connectivity index (χ1v) is 14.8. The predicted octanol–water partition coefficient (Wildman–Crippen LogP) is 3.56. The van der Waals surface area contributed by atoms with Gasteiger partial charge < -0.3 is 19.3 Å². The molecule has 1 N–H and O–H groups in total. The normalized spacial score (nSPS) is 21.1. The third-order valence-corrected chi connectivity index (χ3v) is 9.52. The van der Waals surface area contributed by atoms with Gasteiger partial charge in [-0.15, -0.1) is 0 Å². The van der Waals surface area contributed by atoms with Crippen LogP contribution in [0.2, 0.25) is 0 Å². The number of carboxylic acid groups (broad SMARTS) is 1. The smallest absolute Gasteiger partial charge is 0.309 e. The molecule has 2 aliphatic rings. The Morgan fingerprint density at radius 1 is 1.03 bits per heavy atom. The Bertz CT molecular complexity index is 1240. The van der Waals surface area contributed by atoms with Crippen LogP contribution in [0.1, 0.15) is 49.8 Å². The first-order chi connectivity index (χ1) is 18.7. The fourth-order valence-corrected chi connectivity index (χ4v) is 7.13.